The fourth-order valence-electron chi connectivity index (χ4n) is 3.33. The van der Waals surface area contributed by atoms with Crippen LogP contribution in [0.4, 0.5) is 0 Å². The van der Waals surface area contributed by atoms with Gasteiger partial charge in [0.2, 0.25) is 0 Å². The quantitative estimate of drug-likeness (QED) is 0.313. The second-order valence-corrected chi connectivity index (χ2v) is 6.13. The third-order valence-corrected chi connectivity index (χ3v) is 4.58. The van der Waals surface area contributed by atoms with Crippen molar-refractivity contribution in [3.63, 3.8) is 0 Å². The lowest BCUT2D eigenvalue weighted by atomic mass is 9.82. The summed E-state index contributed by atoms with van der Waals surface area (Å²) in [5, 5.41) is 10.4. The van der Waals surface area contributed by atoms with Crippen LogP contribution in [0.15, 0.2) is 23.8 Å². The first-order valence-corrected chi connectivity index (χ1v) is 6.84. The number of aliphatic hydroxyl groups excluding tert-OH is 1. The van der Waals surface area contributed by atoms with Crippen molar-refractivity contribution in [2.45, 2.75) is 57.0 Å². The Morgan fingerprint density at radius 1 is 1.53 bits per heavy atom. The third kappa shape index (κ3) is 2.03. The predicted molar refractivity (Wildman–Crippen MR) is 69.4 cm³/mol. The average molecular weight is 264 g/mol. The van der Waals surface area contributed by atoms with Crippen LogP contribution in [0.5, 0.6) is 0 Å². The Labute approximate surface area is 113 Å². The van der Waals surface area contributed by atoms with E-state index in [-0.39, 0.29) is 23.7 Å². The number of esters is 1. The Kier molecular flexibility index (Phi) is 2.84. The number of aliphatic hydroxyl groups is 1. The fourth-order valence-corrected chi connectivity index (χ4v) is 3.33. The number of carbonyl (C=O) groups is 1. The molecule has 0 aromatic carbocycles. The SMILES string of the molecule is C=C1C(=O)O[C@H]2[C@H]1[C@@H](O)CC(C)=CCC[C@@]1(C)O[C@@H]21. The summed E-state index contributed by atoms with van der Waals surface area (Å²) in [6, 6.07) is 0. The lowest BCUT2D eigenvalue weighted by Crippen LogP contribution is -2.35. The van der Waals surface area contributed by atoms with Gasteiger partial charge in [-0.2, -0.15) is 0 Å². The lowest BCUT2D eigenvalue weighted by Gasteiger charge is -2.24. The monoisotopic (exact) mass is 264 g/mol. The Morgan fingerprint density at radius 2 is 2.26 bits per heavy atom. The molecule has 1 aliphatic carbocycles. The molecule has 2 heterocycles. The second kappa shape index (κ2) is 4.18. The maximum absolute atomic E-state index is 11.7. The molecule has 0 aromatic rings. The summed E-state index contributed by atoms with van der Waals surface area (Å²) in [4.78, 5) is 11.7. The van der Waals surface area contributed by atoms with Crippen LogP contribution >= 0.6 is 0 Å². The Balaban J connectivity index is 1.93. The van der Waals surface area contributed by atoms with Gasteiger partial charge in [0, 0.05) is 5.57 Å². The Bertz CT molecular complexity index is 467. The van der Waals surface area contributed by atoms with Crippen LogP contribution < -0.4 is 0 Å². The van der Waals surface area contributed by atoms with Crippen LogP contribution in [-0.4, -0.2) is 35.0 Å². The molecule has 0 radical (unpaired) electrons. The number of rotatable bonds is 0. The van der Waals surface area contributed by atoms with E-state index in [0.717, 1.165) is 18.4 Å². The van der Waals surface area contributed by atoms with Crippen LogP contribution in [0.3, 0.4) is 0 Å². The highest BCUT2D eigenvalue weighted by molar-refractivity contribution is 5.91. The molecule has 0 unspecified atom stereocenters. The van der Waals surface area contributed by atoms with E-state index >= 15 is 0 Å². The lowest BCUT2D eigenvalue weighted by molar-refractivity contribution is -0.140. The molecule has 4 nitrogen and oxygen atoms in total. The predicted octanol–water partition coefficient (Wildman–Crippen LogP) is 1.73. The van der Waals surface area contributed by atoms with Gasteiger partial charge >= 0.3 is 5.97 Å². The highest BCUT2D eigenvalue weighted by Gasteiger charge is 2.62. The minimum Gasteiger partial charge on any atom is -0.455 e. The molecule has 0 spiro atoms. The zero-order valence-corrected chi connectivity index (χ0v) is 11.4. The maximum atomic E-state index is 11.7. The summed E-state index contributed by atoms with van der Waals surface area (Å²) >= 11 is 0. The molecule has 2 aliphatic heterocycles. The van der Waals surface area contributed by atoms with Crippen molar-refractivity contribution >= 4 is 5.97 Å². The maximum Gasteiger partial charge on any atom is 0.334 e. The Hall–Kier alpha value is -1.13. The first-order chi connectivity index (χ1) is 8.92. The van der Waals surface area contributed by atoms with Crippen molar-refractivity contribution in [1.29, 1.82) is 0 Å². The normalized spacial score (nSPS) is 45.9. The van der Waals surface area contributed by atoms with E-state index in [4.69, 9.17) is 9.47 Å². The van der Waals surface area contributed by atoms with Crippen LogP contribution in [0, 0.1) is 5.92 Å². The molecule has 3 aliphatic rings. The van der Waals surface area contributed by atoms with Gasteiger partial charge in [0.05, 0.1) is 17.6 Å². The largest absolute Gasteiger partial charge is 0.455 e. The van der Waals surface area contributed by atoms with Gasteiger partial charge in [0.25, 0.3) is 0 Å². The first kappa shape index (κ1) is 12.9. The smallest absolute Gasteiger partial charge is 0.334 e. The van der Waals surface area contributed by atoms with Gasteiger partial charge in [0.1, 0.15) is 12.2 Å². The van der Waals surface area contributed by atoms with Crippen molar-refractivity contribution in [2.75, 3.05) is 0 Å². The zero-order chi connectivity index (χ0) is 13.8. The average Bonchev–Trinajstić information content (AvgIpc) is 2.89. The van der Waals surface area contributed by atoms with Crippen molar-refractivity contribution in [2.24, 2.45) is 5.92 Å². The summed E-state index contributed by atoms with van der Waals surface area (Å²) in [7, 11) is 0. The standard InChI is InChI=1S/C15H20O4/c1-8-5-4-6-15(3)13(19-15)12-11(10(16)7-8)9(2)14(17)18-12/h5,10-13,16H,2,4,6-7H2,1,3H3/t10-,11+,12-,13-,15+/m0/s1. The van der Waals surface area contributed by atoms with Crippen molar-refractivity contribution < 1.29 is 19.4 Å². The van der Waals surface area contributed by atoms with Gasteiger partial charge in [-0.1, -0.05) is 18.2 Å². The summed E-state index contributed by atoms with van der Waals surface area (Å²) in [5.74, 6) is -0.742. The van der Waals surface area contributed by atoms with Crippen LogP contribution in [0.1, 0.15) is 33.1 Å². The number of hydrogen-bond acceptors (Lipinski definition) is 4. The summed E-state index contributed by atoms with van der Waals surface area (Å²) in [6.45, 7) is 7.84. The zero-order valence-electron chi connectivity index (χ0n) is 11.4. The summed E-state index contributed by atoms with van der Waals surface area (Å²) < 4.78 is 11.2. The topological polar surface area (TPSA) is 59.1 Å². The molecule has 0 aromatic heterocycles. The van der Waals surface area contributed by atoms with E-state index < -0.39 is 12.1 Å². The number of allylic oxidation sites excluding steroid dienone is 1. The molecule has 0 saturated carbocycles. The van der Waals surface area contributed by atoms with Crippen molar-refractivity contribution in [3.8, 4) is 0 Å². The molecule has 104 valence electrons. The highest BCUT2D eigenvalue weighted by atomic mass is 16.6. The number of ether oxygens (including phenoxy) is 2. The fraction of sp³-hybridized carbons (Fsp3) is 0.667. The highest BCUT2D eigenvalue weighted by Crippen LogP contribution is 2.49. The molecule has 3 rings (SSSR count). The van der Waals surface area contributed by atoms with Crippen molar-refractivity contribution in [3.05, 3.63) is 23.8 Å². The van der Waals surface area contributed by atoms with E-state index in [1.54, 1.807) is 0 Å². The van der Waals surface area contributed by atoms with Gasteiger partial charge in [-0.3, -0.25) is 0 Å². The first-order valence-electron chi connectivity index (χ1n) is 6.84. The minimum atomic E-state index is -0.633. The Morgan fingerprint density at radius 3 is 3.00 bits per heavy atom. The van der Waals surface area contributed by atoms with Crippen LogP contribution in [0.25, 0.3) is 0 Å². The van der Waals surface area contributed by atoms with E-state index in [1.807, 2.05) is 13.8 Å². The van der Waals surface area contributed by atoms with Gasteiger partial charge < -0.3 is 14.6 Å². The van der Waals surface area contributed by atoms with Crippen molar-refractivity contribution in [1.82, 2.24) is 0 Å². The van der Waals surface area contributed by atoms with Crippen LogP contribution in [0.2, 0.25) is 0 Å². The third-order valence-electron chi connectivity index (χ3n) is 4.58. The molecule has 1 N–H and O–H groups in total. The molecule has 5 atom stereocenters. The number of fused-ring (bicyclic) bond motifs is 3. The van der Waals surface area contributed by atoms with Gasteiger partial charge in [0.15, 0.2) is 0 Å². The second-order valence-electron chi connectivity index (χ2n) is 6.13. The number of carbonyl (C=O) groups excluding carboxylic acids is 1. The number of hydrogen-bond donors (Lipinski definition) is 1. The van der Waals surface area contributed by atoms with Gasteiger partial charge in [-0.05, 0) is 33.1 Å². The molecular weight excluding hydrogens is 244 g/mol. The number of epoxide rings is 1. The molecule has 0 amide bonds. The minimum absolute atomic E-state index is 0.109. The van der Waals surface area contributed by atoms with E-state index in [0.29, 0.717) is 12.0 Å². The summed E-state index contributed by atoms with van der Waals surface area (Å²) in [5.41, 5.74) is 1.28. The van der Waals surface area contributed by atoms with E-state index in [9.17, 15) is 9.90 Å². The van der Waals surface area contributed by atoms with Gasteiger partial charge in [-0.15, -0.1) is 0 Å². The summed E-state index contributed by atoms with van der Waals surface area (Å²) in [6.07, 6.45) is 3.42. The van der Waals surface area contributed by atoms with Crippen LogP contribution in [-0.2, 0) is 14.3 Å². The molecule has 2 fully saturated rings. The molecule has 0 bridgehead atoms. The molecule has 2 saturated heterocycles. The molecule has 4 heteroatoms. The van der Waals surface area contributed by atoms with E-state index in [1.165, 1.54) is 0 Å². The van der Waals surface area contributed by atoms with Gasteiger partial charge in [-0.25, -0.2) is 4.79 Å². The molecule has 19 heavy (non-hydrogen) atoms. The molecular formula is C15H20O4. The van der Waals surface area contributed by atoms with E-state index in [2.05, 4.69) is 12.7 Å².